The second-order valence-corrected chi connectivity index (χ2v) is 7.17. The topological polar surface area (TPSA) is 45.2 Å². The number of rotatable bonds is 2. The summed E-state index contributed by atoms with van der Waals surface area (Å²) < 4.78 is 0. The third kappa shape index (κ3) is 1.92. The van der Waals surface area contributed by atoms with E-state index in [0.717, 1.165) is 11.3 Å². The summed E-state index contributed by atoms with van der Waals surface area (Å²) in [4.78, 5) is 18.6. The third-order valence-corrected chi connectivity index (χ3v) is 5.33. The Labute approximate surface area is 142 Å². The van der Waals surface area contributed by atoms with Crippen molar-refractivity contribution in [1.82, 2.24) is 10.3 Å². The Hall–Kier alpha value is -2.62. The van der Waals surface area contributed by atoms with Crippen molar-refractivity contribution in [3.05, 3.63) is 65.5 Å². The Morgan fingerprint density at radius 2 is 2.12 bits per heavy atom. The zero-order valence-electron chi connectivity index (χ0n) is 14.2. The molecule has 1 fully saturated rings. The lowest BCUT2D eigenvalue weighted by molar-refractivity contribution is -0.118. The molecule has 2 aliphatic rings. The van der Waals surface area contributed by atoms with Gasteiger partial charge in [0, 0.05) is 23.5 Å². The summed E-state index contributed by atoms with van der Waals surface area (Å²) in [5, 5.41) is 3.24. The number of aryl methyl sites for hydroxylation is 1. The van der Waals surface area contributed by atoms with Crippen LogP contribution in [0.1, 0.15) is 30.5 Å². The molecule has 122 valence electrons. The molecule has 0 aliphatic carbocycles. The van der Waals surface area contributed by atoms with Gasteiger partial charge < -0.3 is 10.2 Å². The van der Waals surface area contributed by atoms with Crippen molar-refractivity contribution in [3.63, 3.8) is 0 Å². The van der Waals surface area contributed by atoms with Crippen LogP contribution in [0.25, 0.3) is 6.08 Å². The monoisotopic (exact) mass is 319 g/mol. The molecule has 1 saturated heterocycles. The molecule has 4 heteroatoms. The van der Waals surface area contributed by atoms with E-state index in [0.29, 0.717) is 6.54 Å². The van der Waals surface area contributed by atoms with Gasteiger partial charge >= 0.3 is 0 Å². The van der Waals surface area contributed by atoms with E-state index in [2.05, 4.69) is 60.2 Å². The Kier molecular flexibility index (Phi) is 3.07. The smallest absolute Gasteiger partial charge is 0.241 e. The average molecular weight is 319 g/mol. The highest BCUT2D eigenvalue weighted by Gasteiger charge is 2.59. The lowest BCUT2D eigenvalue weighted by Crippen LogP contribution is -2.58. The Bertz CT molecular complexity index is 841. The molecule has 1 aromatic heterocycles. The summed E-state index contributed by atoms with van der Waals surface area (Å²) in [6.07, 6.45) is 7.75. The van der Waals surface area contributed by atoms with E-state index in [1.54, 1.807) is 6.20 Å². The average Bonchev–Trinajstić information content (AvgIpc) is 2.98. The number of carbonyl (C=O) groups excluding carboxylic acids is 1. The van der Waals surface area contributed by atoms with Gasteiger partial charge in [-0.15, -0.1) is 0 Å². The Morgan fingerprint density at radius 1 is 1.29 bits per heavy atom. The van der Waals surface area contributed by atoms with E-state index >= 15 is 0 Å². The van der Waals surface area contributed by atoms with Crippen LogP contribution >= 0.6 is 0 Å². The molecule has 1 atom stereocenters. The van der Waals surface area contributed by atoms with Crippen LogP contribution in [0, 0.1) is 6.92 Å². The van der Waals surface area contributed by atoms with Crippen molar-refractivity contribution >= 4 is 17.7 Å². The predicted molar refractivity (Wildman–Crippen MR) is 95.7 cm³/mol. The van der Waals surface area contributed by atoms with Gasteiger partial charge in [0.15, 0.2) is 0 Å². The molecule has 3 heterocycles. The highest BCUT2D eigenvalue weighted by molar-refractivity contribution is 5.91. The lowest BCUT2D eigenvalue weighted by Gasteiger charge is -2.40. The Morgan fingerprint density at radius 3 is 2.88 bits per heavy atom. The molecule has 4 rings (SSSR count). The molecule has 1 N–H and O–H groups in total. The van der Waals surface area contributed by atoms with Gasteiger partial charge in [0.2, 0.25) is 5.91 Å². The SMILES string of the molecule is Cc1ccc2c(c1)C(C)(C)[C@]1(/C=C\c3cccnc3)NC(=O)CN21. The molecule has 0 saturated carbocycles. The summed E-state index contributed by atoms with van der Waals surface area (Å²) in [6.45, 7) is 6.89. The highest BCUT2D eigenvalue weighted by Crippen LogP contribution is 2.53. The first-order chi connectivity index (χ1) is 11.4. The normalized spacial score (nSPS) is 24.1. The maximum Gasteiger partial charge on any atom is 0.241 e. The van der Waals surface area contributed by atoms with E-state index in [1.165, 1.54) is 11.1 Å². The molecule has 0 bridgehead atoms. The zero-order valence-corrected chi connectivity index (χ0v) is 14.2. The molecule has 2 aromatic rings. The van der Waals surface area contributed by atoms with Gasteiger partial charge in [0.25, 0.3) is 0 Å². The van der Waals surface area contributed by atoms with E-state index < -0.39 is 5.66 Å². The van der Waals surface area contributed by atoms with E-state index in [1.807, 2.05) is 24.4 Å². The number of amides is 1. The second-order valence-electron chi connectivity index (χ2n) is 7.17. The predicted octanol–water partition coefficient (Wildman–Crippen LogP) is 3.03. The molecule has 1 aromatic carbocycles. The van der Waals surface area contributed by atoms with Crippen LogP contribution < -0.4 is 10.2 Å². The molecule has 0 spiro atoms. The number of hydrogen-bond donors (Lipinski definition) is 1. The molecule has 0 radical (unpaired) electrons. The van der Waals surface area contributed by atoms with Gasteiger partial charge in [-0.3, -0.25) is 9.78 Å². The maximum atomic E-state index is 12.2. The van der Waals surface area contributed by atoms with Gasteiger partial charge in [0.1, 0.15) is 5.66 Å². The molecule has 2 aliphatic heterocycles. The Balaban J connectivity index is 1.86. The van der Waals surface area contributed by atoms with Crippen LogP contribution in [0.15, 0.2) is 48.8 Å². The fourth-order valence-electron chi connectivity index (χ4n) is 3.98. The summed E-state index contributed by atoms with van der Waals surface area (Å²) in [5.74, 6) is 0.0603. The number of hydrogen-bond acceptors (Lipinski definition) is 3. The van der Waals surface area contributed by atoms with Gasteiger partial charge in [-0.1, -0.05) is 43.7 Å². The minimum absolute atomic E-state index is 0.0603. The number of nitrogens with one attached hydrogen (secondary N) is 1. The van der Waals surface area contributed by atoms with Crippen LogP contribution in [0.5, 0.6) is 0 Å². The van der Waals surface area contributed by atoms with Crippen molar-refractivity contribution in [3.8, 4) is 0 Å². The van der Waals surface area contributed by atoms with Crippen molar-refractivity contribution in [2.24, 2.45) is 0 Å². The first-order valence-electron chi connectivity index (χ1n) is 8.23. The van der Waals surface area contributed by atoms with Crippen LogP contribution in [0.2, 0.25) is 0 Å². The van der Waals surface area contributed by atoms with Crippen molar-refractivity contribution in [2.75, 3.05) is 11.4 Å². The van der Waals surface area contributed by atoms with Crippen molar-refractivity contribution < 1.29 is 4.79 Å². The van der Waals surface area contributed by atoms with Crippen LogP contribution in [-0.2, 0) is 10.2 Å². The van der Waals surface area contributed by atoms with E-state index in [4.69, 9.17) is 0 Å². The highest BCUT2D eigenvalue weighted by atomic mass is 16.2. The van der Waals surface area contributed by atoms with Gasteiger partial charge in [-0.2, -0.15) is 0 Å². The number of nitrogens with zero attached hydrogens (tertiary/aromatic N) is 2. The van der Waals surface area contributed by atoms with Gasteiger partial charge in [0.05, 0.1) is 6.54 Å². The largest absolute Gasteiger partial charge is 0.335 e. The van der Waals surface area contributed by atoms with E-state index in [-0.39, 0.29) is 11.3 Å². The second kappa shape index (κ2) is 4.94. The number of fused-ring (bicyclic) bond motifs is 3. The van der Waals surface area contributed by atoms with Gasteiger partial charge in [-0.05, 0) is 36.3 Å². The van der Waals surface area contributed by atoms with Gasteiger partial charge in [-0.25, -0.2) is 0 Å². The number of benzene rings is 1. The molecular weight excluding hydrogens is 298 g/mol. The molecule has 1 amide bonds. The van der Waals surface area contributed by atoms with Crippen molar-refractivity contribution in [1.29, 1.82) is 0 Å². The number of pyridine rings is 1. The number of anilines is 1. The fraction of sp³-hybridized carbons (Fsp3) is 0.300. The minimum atomic E-state index is -0.546. The third-order valence-electron chi connectivity index (χ3n) is 5.33. The quantitative estimate of drug-likeness (QED) is 0.925. The standard InChI is InChI=1S/C20H21N3O/c1-14-6-7-17-16(11-14)19(2,3)20(22-18(24)13-23(17)20)9-8-15-5-4-10-21-12-15/h4-12H,13H2,1-3H3,(H,22,24)/b9-8-/t20-/m1/s1. The van der Waals surface area contributed by atoms with Crippen LogP contribution in [0.3, 0.4) is 0 Å². The minimum Gasteiger partial charge on any atom is -0.335 e. The summed E-state index contributed by atoms with van der Waals surface area (Å²) in [5.41, 5.74) is 3.89. The molecule has 24 heavy (non-hydrogen) atoms. The number of aromatic nitrogens is 1. The first kappa shape index (κ1) is 14.9. The van der Waals surface area contributed by atoms with Crippen LogP contribution in [-0.4, -0.2) is 23.1 Å². The lowest BCUT2D eigenvalue weighted by atomic mass is 9.75. The molecular formula is C20H21N3O. The zero-order chi connectivity index (χ0) is 16.9. The maximum absolute atomic E-state index is 12.2. The fourth-order valence-corrected chi connectivity index (χ4v) is 3.98. The first-order valence-corrected chi connectivity index (χ1v) is 8.23. The van der Waals surface area contributed by atoms with Crippen molar-refractivity contribution in [2.45, 2.75) is 31.8 Å². The van der Waals surface area contributed by atoms with Crippen LogP contribution in [0.4, 0.5) is 5.69 Å². The summed E-state index contributed by atoms with van der Waals surface area (Å²) in [6, 6.07) is 10.4. The number of carbonyl (C=O) groups is 1. The van der Waals surface area contributed by atoms with E-state index in [9.17, 15) is 4.79 Å². The summed E-state index contributed by atoms with van der Waals surface area (Å²) >= 11 is 0. The molecule has 0 unspecified atom stereocenters. The molecule has 4 nitrogen and oxygen atoms in total. The summed E-state index contributed by atoms with van der Waals surface area (Å²) in [7, 11) is 0.